The van der Waals surface area contributed by atoms with Crippen molar-refractivity contribution in [3.63, 3.8) is 0 Å². The normalized spacial score (nSPS) is 15.4. The van der Waals surface area contributed by atoms with Gasteiger partial charge in [0.1, 0.15) is 12.1 Å². The molecule has 1 fully saturated rings. The van der Waals surface area contributed by atoms with Crippen molar-refractivity contribution >= 4 is 29.4 Å². The molecule has 0 spiro atoms. The van der Waals surface area contributed by atoms with Gasteiger partial charge in [0, 0.05) is 0 Å². The highest BCUT2D eigenvalue weighted by atomic mass is 19.2. The third-order valence-corrected chi connectivity index (χ3v) is 4.51. The second kappa shape index (κ2) is 8.28. The Balaban J connectivity index is 1.91. The Labute approximate surface area is 158 Å². The number of rotatable bonds is 7. The summed E-state index contributed by atoms with van der Waals surface area (Å²) in [5.74, 6) is -6.97. The second-order valence-corrected chi connectivity index (χ2v) is 6.16. The molecule has 152 valence electrons. The molecule has 5 amide bonds. The summed E-state index contributed by atoms with van der Waals surface area (Å²) in [7, 11) is 0. The first-order chi connectivity index (χ1) is 13.1. The molecule has 1 aromatic carbocycles. The summed E-state index contributed by atoms with van der Waals surface area (Å²) in [5, 5.41) is 6.70. The van der Waals surface area contributed by atoms with E-state index in [0.717, 1.165) is 11.0 Å². The number of carbonyl (C=O) groups is 4. The highest BCUT2D eigenvalue weighted by molar-refractivity contribution is 6.09. The van der Waals surface area contributed by atoms with E-state index in [1.807, 2.05) is 5.32 Å². The van der Waals surface area contributed by atoms with Crippen molar-refractivity contribution in [2.24, 2.45) is 0 Å². The van der Waals surface area contributed by atoms with Gasteiger partial charge in [0.2, 0.25) is 11.8 Å². The van der Waals surface area contributed by atoms with Crippen LogP contribution in [0.1, 0.15) is 26.7 Å². The smallest absolute Gasteiger partial charge is 0.325 e. The molecular formula is C17H19F3N4O4. The molecule has 0 atom stereocenters. The fourth-order valence-electron chi connectivity index (χ4n) is 2.74. The lowest BCUT2D eigenvalue weighted by molar-refractivity contribution is -0.135. The largest absolute Gasteiger partial charge is 0.345 e. The van der Waals surface area contributed by atoms with Gasteiger partial charge in [0.25, 0.3) is 5.91 Å². The van der Waals surface area contributed by atoms with Gasteiger partial charge in [-0.15, -0.1) is 0 Å². The molecule has 11 heteroatoms. The maximum Gasteiger partial charge on any atom is 0.325 e. The molecule has 0 aromatic heterocycles. The third kappa shape index (κ3) is 4.07. The number of hydrogen-bond acceptors (Lipinski definition) is 4. The van der Waals surface area contributed by atoms with E-state index < -0.39 is 65.5 Å². The first-order valence-corrected chi connectivity index (χ1v) is 8.49. The number of benzene rings is 1. The van der Waals surface area contributed by atoms with Crippen molar-refractivity contribution in [3.8, 4) is 0 Å². The average molecular weight is 400 g/mol. The molecule has 1 saturated heterocycles. The van der Waals surface area contributed by atoms with Gasteiger partial charge >= 0.3 is 6.03 Å². The molecule has 28 heavy (non-hydrogen) atoms. The highest BCUT2D eigenvalue weighted by Crippen LogP contribution is 2.24. The predicted molar refractivity (Wildman–Crippen MR) is 91.5 cm³/mol. The summed E-state index contributed by atoms with van der Waals surface area (Å²) < 4.78 is 39.5. The number of urea groups is 1. The average Bonchev–Trinajstić information content (AvgIpc) is 2.91. The summed E-state index contributed by atoms with van der Waals surface area (Å²) in [6.07, 6.45) is 0.711. The topological polar surface area (TPSA) is 108 Å². The lowest BCUT2D eigenvalue weighted by Crippen LogP contribution is -2.47. The summed E-state index contributed by atoms with van der Waals surface area (Å²) in [6, 6.07) is 0.755. The fourth-order valence-corrected chi connectivity index (χ4v) is 2.74. The van der Waals surface area contributed by atoms with Crippen molar-refractivity contribution in [2.75, 3.05) is 18.4 Å². The van der Waals surface area contributed by atoms with Gasteiger partial charge in [-0.1, -0.05) is 13.8 Å². The van der Waals surface area contributed by atoms with E-state index in [1.54, 1.807) is 13.8 Å². The third-order valence-electron chi connectivity index (χ3n) is 4.51. The Morgan fingerprint density at radius 2 is 1.71 bits per heavy atom. The van der Waals surface area contributed by atoms with E-state index in [9.17, 15) is 32.3 Å². The van der Waals surface area contributed by atoms with Crippen LogP contribution in [0, 0.1) is 17.5 Å². The molecular weight excluding hydrogens is 381 g/mol. The number of carbonyl (C=O) groups excluding carboxylic acids is 4. The number of halogens is 3. The van der Waals surface area contributed by atoms with Crippen LogP contribution in [0.3, 0.4) is 0 Å². The van der Waals surface area contributed by atoms with Crippen LogP contribution in [0.25, 0.3) is 0 Å². The summed E-state index contributed by atoms with van der Waals surface area (Å²) in [5.41, 5.74) is -1.65. The molecule has 1 aliphatic rings. The monoisotopic (exact) mass is 400 g/mol. The summed E-state index contributed by atoms with van der Waals surface area (Å²) >= 11 is 0. The van der Waals surface area contributed by atoms with Crippen molar-refractivity contribution in [1.29, 1.82) is 0 Å². The van der Waals surface area contributed by atoms with E-state index in [2.05, 4.69) is 10.6 Å². The van der Waals surface area contributed by atoms with Crippen LogP contribution in [0.5, 0.6) is 0 Å². The van der Waals surface area contributed by atoms with Crippen LogP contribution in [0.2, 0.25) is 0 Å². The molecule has 1 aliphatic heterocycles. The van der Waals surface area contributed by atoms with Crippen LogP contribution in [-0.2, 0) is 14.4 Å². The quantitative estimate of drug-likeness (QED) is 0.473. The fraction of sp³-hybridized carbons (Fsp3) is 0.412. The van der Waals surface area contributed by atoms with Crippen LogP contribution < -0.4 is 16.0 Å². The predicted octanol–water partition coefficient (Wildman–Crippen LogP) is 1.27. The number of nitrogens with one attached hydrogen (secondary N) is 3. The van der Waals surface area contributed by atoms with E-state index in [-0.39, 0.29) is 0 Å². The Bertz CT molecular complexity index is 827. The van der Waals surface area contributed by atoms with Crippen LogP contribution in [0.4, 0.5) is 23.7 Å². The van der Waals surface area contributed by atoms with Gasteiger partial charge in [-0.3, -0.25) is 19.3 Å². The zero-order valence-electron chi connectivity index (χ0n) is 15.2. The minimum absolute atomic E-state index is 0.356. The van der Waals surface area contributed by atoms with Crippen molar-refractivity contribution in [2.45, 2.75) is 32.2 Å². The van der Waals surface area contributed by atoms with Gasteiger partial charge in [-0.25, -0.2) is 18.0 Å². The molecule has 0 aliphatic carbocycles. The molecule has 0 unspecified atom stereocenters. The zero-order chi connectivity index (χ0) is 21.1. The maximum absolute atomic E-state index is 13.5. The second-order valence-electron chi connectivity index (χ2n) is 6.16. The Morgan fingerprint density at radius 3 is 2.29 bits per heavy atom. The first-order valence-electron chi connectivity index (χ1n) is 8.49. The summed E-state index contributed by atoms with van der Waals surface area (Å²) in [4.78, 5) is 48.8. The van der Waals surface area contributed by atoms with Crippen molar-refractivity contribution < 1.29 is 32.3 Å². The summed E-state index contributed by atoms with van der Waals surface area (Å²) in [6.45, 7) is 2.23. The molecule has 0 saturated carbocycles. The lowest BCUT2D eigenvalue weighted by Gasteiger charge is -2.22. The van der Waals surface area contributed by atoms with Gasteiger partial charge in [-0.2, -0.15) is 0 Å². The van der Waals surface area contributed by atoms with E-state index in [0.29, 0.717) is 18.9 Å². The molecule has 2 rings (SSSR count). The SMILES string of the molecule is CCC1(CC)NC(=O)N(CC(=O)NCC(=O)Nc2ccc(F)c(F)c2F)C1=O. The number of imide groups is 1. The minimum atomic E-state index is -1.74. The Morgan fingerprint density at radius 1 is 1.07 bits per heavy atom. The molecule has 0 bridgehead atoms. The zero-order valence-corrected chi connectivity index (χ0v) is 15.2. The van der Waals surface area contributed by atoms with E-state index in [4.69, 9.17) is 0 Å². The Kier molecular flexibility index (Phi) is 6.26. The number of amides is 5. The van der Waals surface area contributed by atoms with Gasteiger partial charge < -0.3 is 16.0 Å². The first kappa shape index (κ1) is 21.2. The maximum atomic E-state index is 13.5. The minimum Gasteiger partial charge on any atom is -0.345 e. The van der Waals surface area contributed by atoms with Crippen LogP contribution >= 0.6 is 0 Å². The lowest BCUT2D eigenvalue weighted by atomic mass is 9.93. The highest BCUT2D eigenvalue weighted by Gasteiger charge is 2.49. The van der Waals surface area contributed by atoms with Crippen molar-refractivity contribution in [3.05, 3.63) is 29.6 Å². The van der Waals surface area contributed by atoms with Crippen LogP contribution in [0.15, 0.2) is 12.1 Å². The number of anilines is 1. The molecule has 3 N–H and O–H groups in total. The van der Waals surface area contributed by atoms with Crippen LogP contribution in [-0.4, -0.2) is 47.3 Å². The van der Waals surface area contributed by atoms with E-state index >= 15 is 0 Å². The number of nitrogens with zero attached hydrogens (tertiary/aromatic N) is 1. The standard InChI is InChI=1S/C17H19F3N4O4/c1-3-17(4-2)15(27)24(16(28)23-17)8-12(26)21-7-11(25)22-10-6-5-9(18)13(19)14(10)20/h5-6H,3-4,7-8H2,1-2H3,(H,21,26)(H,22,25)(H,23,28). The van der Waals surface area contributed by atoms with Gasteiger partial charge in [-0.05, 0) is 25.0 Å². The van der Waals surface area contributed by atoms with Crippen molar-refractivity contribution in [1.82, 2.24) is 15.5 Å². The molecule has 0 radical (unpaired) electrons. The molecule has 1 aromatic rings. The Hall–Kier alpha value is -3.11. The van der Waals surface area contributed by atoms with Gasteiger partial charge in [0.15, 0.2) is 17.5 Å². The number of hydrogen-bond donors (Lipinski definition) is 3. The van der Waals surface area contributed by atoms with Gasteiger partial charge in [0.05, 0.1) is 12.2 Å². The van der Waals surface area contributed by atoms with E-state index in [1.165, 1.54) is 0 Å². The molecule has 8 nitrogen and oxygen atoms in total. The molecule has 1 heterocycles.